The fourth-order valence-corrected chi connectivity index (χ4v) is 1.22. The van der Waals surface area contributed by atoms with E-state index in [0.717, 1.165) is 12.4 Å². The zero-order valence-corrected chi connectivity index (χ0v) is 11.0. The molecule has 0 aliphatic carbocycles. The molecule has 1 atom stereocenters. The van der Waals surface area contributed by atoms with Crippen LogP contribution in [0.1, 0.15) is 36.1 Å². The minimum atomic E-state index is -0.624. The highest BCUT2D eigenvalue weighted by Gasteiger charge is 2.00. The predicted octanol–water partition coefficient (Wildman–Crippen LogP) is 2.70. The van der Waals surface area contributed by atoms with Gasteiger partial charge in [0.1, 0.15) is 17.3 Å². The van der Waals surface area contributed by atoms with Crippen molar-refractivity contribution in [2.75, 3.05) is 0 Å². The molecule has 0 bridgehead atoms. The van der Waals surface area contributed by atoms with Gasteiger partial charge in [-0.15, -0.1) is 0 Å². The van der Waals surface area contributed by atoms with Gasteiger partial charge in [0.25, 0.3) is 0 Å². The number of hydrogen-bond donors (Lipinski definition) is 1. The van der Waals surface area contributed by atoms with Crippen LogP contribution >= 0.6 is 0 Å². The summed E-state index contributed by atoms with van der Waals surface area (Å²) in [6, 6.07) is 5.30. The third kappa shape index (κ3) is 5.19. The van der Waals surface area contributed by atoms with Crippen LogP contribution in [0.25, 0.3) is 0 Å². The number of aromatic nitrogens is 2. The topological polar surface area (TPSA) is 63.1 Å². The van der Waals surface area contributed by atoms with E-state index in [1.165, 1.54) is 31.2 Å². The van der Waals surface area contributed by atoms with Crippen LogP contribution in [0.4, 0.5) is 8.78 Å². The van der Waals surface area contributed by atoms with Crippen LogP contribution < -0.4 is 0 Å². The molecule has 0 aromatic carbocycles. The molecule has 2 rings (SSSR count). The first-order valence-electron chi connectivity index (χ1n) is 5.82. The number of pyridine rings is 2. The Labute approximate surface area is 115 Å². The van der Waals surface area contributed by atoms with E-state index in [9.17, 15) is 13.6 Å². The fourth-order valence-electron chi connectivity index (χ4n) is 1.22. The highest BCUT2D eigenvalue weighted by Crippen LogP contribution is 2.07. The van der Waals surface area contributed by atoms with Crippen molar-refractivity contribution in [1.29, 1.82) is 0 Å². The number of carbonyl (C=O) groups is 1. The van der Waals surface area contributed by atoms with Crippen LogP contribution in [-0.2, 0) is 0 Å². The first kappa shape index (κ1) is 15.8. The number of rotatable bonds is 2. The smallest absolute Gasteiger partial charge is 0.178 e. The average Bonchev–Trinajstić information content (AvgIpc) is 2.40. The Hall–Kier alpha value is -2.21. The number of ketones is 1. The van der Waals surface area contributed by atoms with E-state index < -0.39 is 11.9 Å². The van der Waals surface area contributed by atoms with Gasteiger partial charge < -0.3 is 5.11 Å². The predicted molar refractivity (Wildman–Crippen MR) is 69.0 cm³/mol. The number of carbonyl (C=O) groups excluding carboxylic acids is 1. The van der Waals surface area contributed by atoms with Crippen LogP contribution in [0, 0.1) is 11.6 Å². The highest BCUT2D eigenvalue weighted by atomic mass is 19.1. The fraction of sp³-hybridized carbons (Fsp3) is 0.214. The maximum absolute atomic E-state index is 12.2. The summed E-state index contributed by atoms with van der Waals surface area (Å²) >= 11 is 0. The maximum atomic E-state index is 12.2. The molecule has 4 nitrogen and oxygen atoms in total. The van der Waals surface area contributed by atoms with E-state index >= 15 is 0 Å². The zero-order chi connectivity index (χ0) is 15.1. The van der Waals surface area contributed by atoms with Crippen molar-refractivity contribution < 1.29 is 18.7 Å². The van der Waals surface area contributed by atoms with Crippen molar-refractivity contribution in [2.45, 2.75) is 20.0 Å². The molecule has 20 heavy (non-hydrogen) atoms. The monoisotopic (exact) mass is 280 g/mol. The second-order valence-electron chi connectivity index (χ2n) is 4.00. The third-order valence-electron chi connectivity index (χ3n) is 2.27. The summed E-state index contributed by atoms with van der Waals surface area (Å²) in [6.07, 6.45) is 1.49. The summed E-state index contributed by atoms with van der Waals surface area (Å²) in [5, 5.41) is 8.93. The van der Waals surface area contributed by atoms with Crippen molar-refractivity contribution in [1.82, 2.24) is 9.97 Å². The molecule has 0 saturated heterocycles. The minimum Gasteiger partial charge on any atom is -0.387 e. The van der Waals surface area contributed by atoms with E-state index in [4.69, 9.17) is 5.11 Å². The molecular formula is C14H14F2N2O2. The number of aliphatic hydroxyl groups excluding tert-OH is 1. The van der Waals surface area contributed by atoms with Crippen LogP contribution in [0.15, 0.2) is 36.7 Å². The largest absolute Gasteiger partial charge is 0.387 e. The third-order valence-corrected chi connectivity index (χ3v) is 2.27. The van der Waals surface area contributed by atoms with Crippen molar-refractivity contribution in [2.24, 2.45) is 0 Å². The first-order chi connectivity index (χ1) is 9.40. The number of halogens is 2. The number of Topliss-reactive ketones (excluding diaryl/α,β-unsaturated/α-hetero) is 1. The van der Waals surface area contributed by atoms with Gasteiger partial charge >= 0.3 is 0 Å². The van der Waals surface area contributed by atoms with Gasteiger partial charge in [0, 0.05) is 6.92 Å². The molecule has 0 radical (unpaired) electrons. The number of hydrogen-bond acceptors (Lipinski definition) is 4. The summed E-state index contributed by atoms with van der Waals surface area (Å²) in [7, 11) is 0. The molecular weight excluding hydrogens is 266 g/mol. The molecule has 0 aliphatic heterocycles. The zero-order valence-electron chi connectivity index (χ0n) is 11.0. The van der Waals surface area contributed by atoms with Crippen molar-refractivity contribution in [3.8, 4) is 0 Å². The number of nitrogens with zero attached hydrogens (tertiary/aromatic N) is 2. The summed E-state index contributed by atoms with van der Waals surface area (Å²) in [6.45, 7) is 2.97. The van der Waals surface area contributed by atoms with Gasteiger partial charge in [-0.1, -0.05) is 0 Å². The van der Waals surface area contributed by atoms with E-state index in [1.807, 2.05) is 0 Å². The number of aliphatic hydroxyl groups is 1. The standard InChI is InChI=1S/C7H8FNO.C7H6FNO/c2*1-5(10)7-3-2-6(8)4-9-7/h2-5,10H,1H3;2-4H,1H3. The highest BCUT2D eigenvalue weighted by molar-refractivity contribution is 5.91. The van der Waals surface area contributed by atoms with Gasteiger partial charge in [-0.05, 0) is 31.2 Å². The van der Waals surface area contributed by atoms with Gasteiger partial charge in [0.2, 0.25) is 0 Å². The Morgan fingerprint density at radius 1 is 1.10 bits per heavy atom. The molecule has 1 N–H and O–H groups in total. The second-order valence-corrected chi connectivity index (χ2v) is 4.00. The lowest BCUT2D eigenvalue weighted by atomic mass is 10.2. The summed E-state index contributed by atoms with van der Waals surface area (Å²) in [5.74, 6) is -0.964. The van der Waals surface area contributed by atoms with E-state index in [-0.39, 0.29) is 11.6 Å². The maximum Gasteiger partial charge on any atom is 0.178 e. The Morgan fingerprint density at radius 3 is 2.00 bits per heavy atom. The Balaban J connectivity index is 0.000000200. The van der Waals surface area contributed by atoms with Gasteiger partial charge in [-0.3, -0.25) is 14.8 Å². The van der Waals surface area contributed by atoms with Crippen LogP contribution in [0.2, 0.25) is 0 Å². The van der Waals surface area contributed by atoms with E-state index in [2.05, 4.69) is 9.97 Å². The quantitative estimate of drug-likeness (QED) is 0.859. The Bertz CT molecular complexity index is 554. The first-order valence-corrected chi connectivity index (χ1v) is 5.82. The molecule has 1 unspecified atom stereocenters. The lowest BCUT2D eigenvalue weighted by Crippen LogP contribution is -1.95. The molecule has 106 valence electrons. The molecule has 0 saturated carbocycles. The Kier molecular flexibility index (Phi) is 5.86. The van der Waals surface area contributed by atoms with Gasteiger partial charge in [0.05, 0.1) is 24.2 Å². The van der Waals surface area contributed by atoms with Gasteiger partial charge in [-0.2, -0.15) is 0 Å². The van der Waals surface area contributed by atoms with E-state index in [0.29, 0.717) is 11.4 Å². The normalized spacial score (nSPS) is 11.2. The summed E-state index contributed by atoms with van der Waals surface area (Å²) < 4.78 is 24.4. The van der Waals surface area contributed by atoms with Crippen LogP contribution in [0.5, 0.6) is 0 Å². The Morgan fingerprint density at radius 2 is 1.65 bits per heavy atom. The lowest BCUT2D eigenvalue weighted by molar-refractivity contribution is 0.101. The second kappa shape index (κ2) is 7.40. The molecule has 2 heterocycles. The van der Waals surface area contributed by atoms with E-state index in [1.54, 1.807) is 6.92 Å². The average molecular weight is 280 g/mol. The van der Waals surface area contributed by atoms with Crippen molar-refractivity contribution >= 4 is 5.78 Å². The van der Waals surface area contributed by atoms with Gasteiger partial charge in [-0.25, -0.2) is 8.78 Å². The summed E-state index contributed by atoms with van der Waals surface area (Å²) in [5.41, 5.74) is 0.780. The van der Waals surface area contributed by atoms with Crippen molar-refractivity contribution in [3.05, 3.63) is 59.7 Å². The molecule has 0 aliphatic rings. The molecule has 0 amide bonds. The summed E-state index contributed by atoms with van der Waals surface area (Å²) in [4.78, 5) is 17.8. The molecule has 0 fully saturated rings. The molecule has 2 aromatic rings. The van der Waals surface area contributed by atoms with Crippen LogP contribution in [0.3, 0.4) is 0 Å². The molecule has 6 heteroatoms. The SMILES string of the molecule is CC(=O)c1ccc(F)cn1.CC(O)c1ccc(F)cn1. The molecule has 2 aromatic heterocycles. The van der Waals surface area contributed by atoms with Crippen molar-refractivity contribution in [3.63, 3.8) is 0 Å². The minimum absolute atomic E-state index is 0.153. The molecule has 0 spiro atoms. The lowest BCUT2D eigenvalue weighted by Gasteiger charge is -2.00. The van der Waals surface area contributed by atoms with Crippen LogP contribution in [-0.4, -0.2) is 20.9 Å². The van der Waals surface area contributed by atoms with Gasteiger partial charge in [0.15, 0.2) is 5.78 Å².